The number of hydrogen-bond donors (Lipinski definition) is 0. The number of ether oxygens (including phenoxy) is 3. The van der Waals surface area contributed by atoms with Crippen molar-refractivity contribution in [2.75, 3.05) is 0 Å². The van der Waals surface area contributed by atoms with Crippen LogP contribution in [0.25, 0.3) is 0 Å². The molecule has 0 amide bonds. The van der Waals surface area contributed by atoms with Crippen molar-refractivity contribution in [2.24, 2.45) is 0 Å². The molecule has 43 heavy (non-hydrogen) atoms. The molecule has 0 aliphatic rings. The first kappa shape index (κ1) is 31.0. The first-order chi connectivity index (χ1) is 20.3. The minimum Gasteiger partial charge on any atom is -0.457 e. The highest BCUT2D eigenvalue weighted by Gasteiger charge is 2.25. The second-order valence-corrected chi connectivity index (χ2v) is 11.8. The first-order valence-electron chi connectivity index (χ1n) is 14.1. The van der Waals surface area contributed by atoms with E-state index in [1.807, 2.05) is 48.5 Å². The number of carbonyl (C=O) groups excluding carboxylic acids is 2. The predicted molar refractivity (Wildman–Crippen MR) is 171 cm³/mol. The van der Waals surface area contributed by atoms with Crippen LogP contribution in [0.2, 0.25) is 0 Å². The van der Waals surface area contributed by atoms with E-state index in [9.17, 15) is 9.59 Å². The quantitative estimate of drug-likeness (QED) is 0.107. The normalized spacial score (nSPS) is 11.4. The highest BCUT2D eigenvalue weighted by atomic mass is 16.5. The molecule has 0 unspecified atom stereocenters. The Morgan fingerprint density at radius 1 is 0.465 bits per heavy atom. The highest BCUT2D eigenvalue weighted by molar-refractivity contribution is 5.89. The molecule has 0 N–H and O–H groups in total. The zero-order chi connectivity index (χ0) is 31.4. The second kappa shape index (κ2) is 12.5. The average Bonchev–Trinajstić information content (AvgIpc) is 2.98. The van der Waals surface area contributed by atoms with Gasteiger partial charge in [0.15, 0.2) is 0 Å². The van der Waals surface area contributed by atoms with Crippen LogP contribution in [-0.2, 0) is 20.4 Å². The summed E-state index contributed by atoms with van der Waals surface area (Å²) < 4.78 is 16.8. The standard InChI is InChI=1S/C38H38O5/c1-25(2)35(39)42-33-21-13-29(14-22-33)37(5,6)27-9-17-31(18-10-27)41-32-19-11-28(12-20-32)38(7,8)30-15-23-34(24-16-30)43-36(40)26(3)4/h9-24H,1,3H2,2,4-8H3. The molecule has 0 fully saturated rings. The third-order valence-electron chi connectivity index (χ3n) is 7.66. The Morgan fingerprint density at radius 3 is 0.930 bits per heavy atom. The molecule has 5 heteroatoms. The van der Waals surface area contributed by atoms with Gasteiger partial charge in [0, 0.05) is 22.0 Å². The van der Waals surface area contributed by atoms with Crippen LogP contribution in [-0.4, -0.2) is 11.9 Å². The van der Waals surface area contributed by atoms with E-state index in [0.717, 1.165) is 33.8 Å². The summed E-state index contributed by atoms with van der Waals surface area (Å²) in [6.07, 6.45) is 0. The van der Waals surface area contributed by atoms with Crippen molar-refractivity contribution in [1.29, 1.82) is 0 Å². The van der Waals surface area contributed by atoms with Gasteiger partial charge in [0.2, 0.25) is 0 Å². The van der Waals surface area contributed by atoms with E-state index < -0.39 is 11.9 Å². The maximum Gasteiger partial charge on any atom is 0.338 e. The SMILES string of the molecule is C=C(C)C(=O)Oc1ccc(C(C)(C)c2ccc(Oc3ccc(C(C)(C)c4ccc(OC(=O)C(=C)C)cc4)cc3)cc2)cc1. The lowest BCUT2D eigenvalue weighted by Gasteiger charge is -2.27. The van der Waals surface area contributed by atoms with Crippen LogP contribution in [0.1, 0.15) is 63.8 Å². The topological polar surface area (TPSA) is 61.8 Å². The van der Waals surface area contributed by atoms with Gasteiger partial charge < -0.3 is 14.2 Å². The molecule has 0 atom stereocenters. The van der Waals surface area contributed by atoms with Crippen molar-refractivity contribution < 1.29 is 23.8 Å². The number of hydrogen-bond acceptors (Lipinski definition) is 5. The van der Waals surface area contributed by atoms with E-state index in [1.165, 1.54) is 0 Å². The summed E-state index contributed by atoms with van der Waals surface area (Å²) in [6, 6.07) is 31.3. The molecule has 0 saturated heterocycles. The summed E-state index contributed by atoms with van der Waals surface area (Å²) in [7, 11) is 0. The maximum absolute atomic E-state index is 11.8. The lowest BCUT2D eigenvalue weighted by molar-refractivity contribution is -0.130. The van der Waals surface area contributed by atoms with E-state index >= 15 is 0 Å². The van der Waals surface area contributed by atoms with Crippen molar-refractivity contribution in [2.45, 2.75) is 52.4 Å². The molecule has 0 aliphatic carbocycles. The molecular formula is C38H38O5. The summed E-state index contributed by atoms with van der Waals surface area (Å²) >= 11 is 0. The fraction of sp³-hybridized carbons (Fsp3) is 0.211. The van der Waals surface area contributed by atoms with Gasteiger partial charge in [-0.05, 0) is 84.6 Å². The third-order valence-corrected chi connectivity index (χ3v) is 7.66. The van der Waals surface area contributed by atoms with Gasteiger partial charge in [-0.15, -0.1) is 0 Å². The lowest BCUT2D eigenvalue weighted by atomic mass is 9.78. The fourth-order valence-corrected chi connectivity index (χ4v) is 4.62. The molecule has 0 heterocycles. The summed E-state index contributed by atoms with van der Waals surface area (Å²) in [5.74, 6) is 1.60. The zero-order valence-electron chi connectivity index (χ0n) is 25.7. The molecule has 0 spiro atoms. The van der Waals surface area contributed by atoms with E-state index in [0.29, 0.717) is 22.6 Å². The molecule has 220 valence electrons. The minimum absolute atomic E-state index is 0.271. The molecule has 0 aliphatic heterocycles. The van der Waals surface area contributed by atoms with Crippen LogP contribution in [0.3, 0.4) is 0 Å². The molecule has 4 aromatic rings. The third kappa shape index (κ3) is 7.31. The summed E-state index contributed by atoms with van der Waals surface area (Å²) in [4.78, 5) is 23.6. The van der Waals surface area contributed by atoms with Gasteiger partial charge >= 0.3 is 11.9 Å². The lowest BCUT2D eigenvalue weighted by Crippen LogP contribution is -2.19. The van der Waals surface area contributed by atoms with Crippen molar-refractivity contribution in [3.63, 3.8) is 0 Å². The van der Waals surface area contributed by atoms with Crippen LogP contribution >= 0.6 is 0 Å². The van der Waals surface area contributed by atoms with Gasteiger partial charge in [-0.25, -0.2) is 9.59 Å². The van der Waals surface area contributed by atoms with Crippen LogP contribution in [0.5, 0.6) is 23.0 Å². The number of carbonyl (C=O) groups is 2. The molecule has 0 saturated carbocycles. The van der Waals surface area contributed by atoms with Crippen molar-refractivity contribution in [3.8, 4) is 23.0 Å². The van der Waals surface area contributed by atoms with E-state index in [1.54, 1.807) is 38.1 Å². The molecular weight excluding hydrogens is 536 g/mol. The fourth-order valence-electron chi connectivity index (χ4n) is 4.62. The second-order valence-electron chi connectivity index (χ2n) is 11.8. The molecule has 0 aromatic heterocycles. The van der Waals surface area contributed by atoms with Crippen molar-refractivity contribution in [1.82, 2.24) is 0 Å². The number of rotatable bonds is 10. The summed E-state index contributed by atoms with van der Waals surface area (Å²) in [5, 5.41) is 0. The summed E-state index contributed by atoms with van der Waals surface area (Å²) in [6.45, 7) is 19.1. The van der Waals surface area contributed by atoms with Crippen molar-refractivity contribution >= 4 is 11.9 Å². The minimum atomic E-state index is -0.434. The number of benzene rings is 4. The Balaban J connectivity index is 1.41. The Bertz CT molecular complexity index is 1500. The monoisotopic (exact) mass is 574 g/mol. The maximum atomic E-state index is 11.8. The van der Waals surface area contributed by atoms with Crippen molar-refractivity contribution in [3.05, 3.63) is 144 Å². The van der Waals surface area contributed by atoms with E-state index in [-0.39, 0.29) is 10.8 Å². The van der Waals surface area contributed by atoms with Gasteiger partial charge in [-0.2, -0.15) is 0 Å². The van der Waals surface area contributed by atoms with E-state index in [4.69, 9.17) is 14.2 Å². The smallest absolute Gasteiger partial charge is 0.338 e. The number of esters is 2. The molecule has 0 radical (unpaired) electrons. The Morgan fingerprint density at radius 2 is 0.698 bits per heavy atom. The molecule has 5 nitrogen and oxygen atoms in total. The van der Waals surface area contributed by atoms with Crippen LogP contribution in [0.4, 0.5) is 0 Å². The van der Waals surface area contributed by atoms with Crippen LogP contribution < -0.4 is 14.2 Å². The Hall–Kier alpha value is -4.90. The molecule has 4 rings (SSSR count). The predicted octanol–water partition coefficient (Wildman–Crippen LogP) is 9.09. The summed E-state index contributed by atoms with van der Waals surface area (Å²) in [5.41, 5.74) is 4.62. The average molecular weight is 575 g/mol. The zero-order valence-corrected chi connectivity index (χ0v) is 25.7. The largest absolute Gasteiger partial charge is 0.457 e. The van der Waals surface area contributed by atoms with Crippen LogP contribution in [0, 0.1) is 0 Å². The van der Waals surface area contributed by atoms with Gasteiger partial charge in [0.05, 0.1) is 0 Å². The van der Waals surface area contributed by atoms with Gasteiger partial charge in [-0.3, -0.25) is 0 Å². The molecule has 0 bridgehead atoms. The Labute approximate surface area is 254 Å². The molecule has 4 aromatic carbocycles. The van der Waals surface area contributed by atoms with E-state index in [2.05, 4.69) is 65.1 Å². The Kier molecular flexibility index (Phi) is 9.05. The van der Waals surface area contributed by atoms with Gasteiger partial charge in [0.25, 0.3) is 0 Å². The highest BCUT2D eigenvalue weighted by Crippen LogP contribution is 2.36. The van der Waals surface area contributed by atoms with Gasteiger partial charge in [0.1, 0.15) is 23.0 Å². The van der Waals surface area contributed by atoms with Crippen LogP contribution in [0.15, 0.2) is 121 Å². The van der Waals surface area contributed by atoms with Gasteiger partial charge in [-0.1, -0.05) is 89.4 Å². The first-order valence-corrected chi connectivity index (χ1v) is 14.1.